The van der Waals surface area contributed by atoms with Crippen molar-refractivity contribution in [3.63, 3.8) is 0 Å². The van der Waals surface area contributed by atoms with Crippen LogP contribution in [0.3, 0.4) is 0 Å². The lowest BCUT2D eigenvalue weighted by atomic mass is 10.1. The lowest BCUT2D eigenvalue weighted by Crippen LogP contribution is -2.36. The quantitative estimate of drug-likeness (QED) is 0.174. The number of fused-ring (bicyclic) bond motifs is 3. The zero-order valence-corrected chi connectivity index (χ0v) is 20.9. The fourth-order valence-corrected chi connectivity index (χ4v) is 4.70. The maximum absolute atomic E-state index is 12.9. The Labute approximate surface area is 209 Å². The molecule has 1 atom stereocenters. The molecule has 35 heavy (non-hydrogen) atoms. The van der Waals surface area contributed by atoms with Crippen molar-refractivity contribution in [2.45, 2.75) is 57.8 Å². The topological polar surface area (TPSA) is 94.5 Å². The van der Waals surface area contributed by atoms with Gasteiger partial charge in [0, 0.05) is 30.7 Å². The minimum Gasteiger partial charge on any atom is -0.447 e. The number of carbonyl (C=O) groups is 2. The third-order valence-electron chi connectivity index (χ3n) is 5.48. The number of benzene rings is 2. The van der Waals surface area contributed by atoms with E-state index in [-0.39, 0.29) is 5.91 Å². The van der Waals surface area contributed by atoms with E-state index in [1.807, 2.05) is 30.3 Å². The van der Waals surface area contributed by atoms with Crippen molar-refractivity contribution in [1.82, 2.24) is 15.2 Å². The number of nitrogens with zero attached hydrogens (tertiary/aromatic N) is 4. The van der Waals surface area contributed by atoms with Gasteiger partial charge in [-0.05, 0) is 24.6 Å². The van der Waals surface area contributed by atoms with Crippen molar-refractivity contribution in [3.05, 3.63) is 54.1 Å². The summed E-state index contributed by atoms with van der Waals surface area (Å²) in [7, 11) is 0. The number of para-hydroxylation sites is 1. The zero-order valence-electron chi connectivity index (χ0n) is 20.1. The average Bonchev–Trinajstić information content (AvgIpc) is 2.98. The van der Waals surface area contributed by atoms with E-state index < -0.39 is 12.2 Å². The summed E-state index contributed by atoms with van der Waals surface area (Å²) in [6.45, 7) is 5.01. The summed E-state index contributed by atoms with van der Waals surface area (Å²) in [4.78, 5) is 30.6. The first-order valence-electron chi connectivity index (χ1n) is 11.7. The predicted octanol–water partition coefficient (Wildman–Crippen LogP) is 5.58. The second-order valence-electron chi connectivity index (χ2n) is 8.20. The largest absolute Gasteiger partial charge is 0.447 e. The van der Waals surface area contributed by atoms with Crippen LogP contribution in [0.15, 0.2) is 53.7 Å². The lowest BCUT2D eigenvalue weighted by Gasteiger charge is -2.30. The number of anilines is 1. The molecule has 2 heterocycles. The maximum Gasteiger partial charge on any atom is 0.308 e. The van der Waals surface area contributed by atoms with Crippen LogP contribution in [0.25, 0.3) is 11.3 Å². The summed E-state index contributed by atoms with van der Waals surface area (Å²) < 4.78 is 11.6. The Morgan fingerprint density at radius 3 is 2.66 bits per heavy atom. The lowest BCUT2D eigenvalue weighted by molar-refractivity contribution is -0.131. The standard InChI is InChI=1S/C26H28N4O4S/c1-4-5-6-9-15-35-26-27-24-23(28-29-26)21-13-7-8-14-22(21)30(17(2)31)25(34-24)19-11-10-12-20(16-19)33-18(3)32/h7-8,10-14,16,25H,4-6,9,15H2,1-3H3/t25-/m0/s1. The van der Waals surface area contributed by atoms with Crippen LogP contribution >= 0.6 is 11.8 Å². The van der Waals surface area contributed by atoms with Crippen LogP contribution < -0.4 is 14.4 Å². The monoisotopic (exact) mass is 492 g/mol. The third-order valence-corrected chi connectivity index (χ3v) is 6.41. The summed E-state index contributed by atoms with van der Waals surface area (Å²) in [5.41, 5.74) is 2.45. The van der Waals surface area contributed by atoms with E-state index in [4.69, 9.17) is 9.47 Å². The second-order valence-corrected chi connectivity index (χ2v) is 9.26. The number of esters is 1. The molecule has 1 amide bonds. The molecule has 2 aromatic carbocycles. The Kier molecular flexibility index (Phi) is 7.97. The molecule has 3 aromatic rings. The number of thioether (sulfide) groups is 1. The van der Waals surface area contributed by atoms with Gasteiger partial charge < -0.3 is 9.47 Å². The molecule has 0 aliphatic carbocycles. The predicted molar refractivity (Wildman–Crippen MR) is 134 cm³/mol. The molecule has 8 nitrogen and oxygen atoms in total. The summed E-state index contributed by atoms with van der Waals surface area (Å²) in [5.74, 6) is 0.913. The molecule has 182 valence electrons. The molecule has 0 N–H and O–H groups in total. The molecule has 0 saturated heterocycles. The molecule has 1 aliphatic heterocycles. The average molecular weight is 493 g/mol. The summed E-state index contributed by atoms with van der Waals surface area (Å²) >= 11 is 1.54. The van der Waals surface area contributed by atoms with E-state index in [1.54, 1.807) is 34.9 Å². The third kappa shape index (κ3) is 5.79. The number of ether oxygens (including phenoxy) is 2. The van der Waals surface area contributed by atoms with Crippen LogP contribution in [-0.2, 0) is 9.59 Å². The van der Waals surface area contributed by atoms with Crippen molar-refractivity contribution < 1.29 is 19.1 Å². The van der Waals surface area contributed by atoms with Gasteiger partial charge in [-0.25, -0.2) is 0 Å². The van der Waals surface area contributed by atoms with Crippen LogP contribution in [0.5, 0.6) is 11.6 Å². The van der Waals surface area contributed by atoms with Gasteiger partial charge in [0.15, 0.2) is 5.69 Å². The molecule has 1 aliphatic rings. The number of hydrogen-bond donors (Lipinski definition) is 0. The highest BCUT2D eigenvalue weighted by molar-refractivity contribution is 7.99. The molecule has 9 heteroatoms. The molecule has 0 spiro atoms. The number of amides is 1. The van der Waals surface area contributed by atoms with E-state index in [0.29, 0.717) is 39.3 Å². The normalized spacial score (nSPS) is 14.4. The van der Waals surface area contributed by atoms with Crippen LogP contribution in [0.2, 0.25) is 0 Å². The molecule has 0 fully saturated rings. The minimum absolute atomic E-state index is 0.216. The molecular formula is C26H28N4O4S. The Morgan fingerprint density at radius 1 is 1.06 bits per heavy atom. The number of rotatable bonds is 8. The van der Waals surface area contributed by atoms with E-state index in [1.165, 1.54) is 33.1 Å². The number of hydrogen-bond acceptors (Lipinski definition) is 8. The summed E-state index contributed by atoms with van der Waals surface area (Å²) in [5, 5.41) is 9.30. The van der Waals surface area contributed by atoms with Crippen molar-refractivity contribution in [3.8, 4) is 22.9 Å². The highest BCUT2D eigenvalue weighted by Gasteiger charge is 2.34. The summed E-state index contributed by atoms with van der Waals surface area (Å²) in [6.07, 6.45) is 3.79. The van der Waals surface area contributed by atoms with Gasteiger partial charge in [-0.15, -0.1) is 10.2 Å². The molecule has 0 unspecified atom stereocenters. The molecule has 0 bridgehead atoms. The van der Waals surface area contributed by atoms with Crippen LogP contribution in [0.1, 0.15) is 58.2 Å². The first kappa shape index (κ1) is 24.7. The van der Waals surface area contributed by atoms with Crippen molar-refractivity contribution >= 4 is 29.3 Å². The smallest absolute Gasteiger partial charge is 0.308 e. The maximum atomic E-state index is 12.9. The number of carbonyl (C=O) groups excluding carboxylic acids is 2. The Balaban J connectivity index is 1.75. The highest BCUT2D eigenvalue weighted by Crippen LogP contribution is 2.43. The van der Waals surface area contributed by atoms with Gasteiger partial charge in [0.1, 0.15) is 5.75 Å². The molecule has 4 rings (SSSR count). The minimum atomic E-state index is -0.843. The van der Waals surface area contributed by atoms with Gasteiger partial charge in [-0.1, -0.05) is 68.3 Å². The second kappa shape index (κ2) is 11.3. The van der Waals surface area contributed by atoms with Crippen molar-refractivity contribution in [2.75, 3.05) is 10.7 Å². The van der Waals surface area contributed by atoms with E-state index in [0.717, 1.165) is 12.2 Å². The van der Waals surface area contributed by atoms with Gasteiger partial charge in [-0.3, -0.25) is 14.5 Å². The Hall–Kier alpha value is -3.46. The van der Waals surface area contributed by atoms with Gasteiger partial charge in [0.05, 0.1) is 5.69 Å². The Bertz CT molecular complexity index is 1220. The van der Waals surface area contributed by atoms with E-state index >= 15 is 0 Å². The van der Waals surface area contributed by atoms with E-state index in [9.17, 15) is 9.59 Å². The van der Waals surface area contributed by atoms with Gasteiger partial charge in [0.2, 0.25) is 23.2 Å². The van der Waals surface area contributed by atoms with Crippen LogP contribution in [0, 0.1) is 0 Å². The fraction of sp³-hybridized carbons (Fsp3) is 0.346. The molecule has 0 radical (unpaired) electrons. The van der Waals surface area contributed by atoms with Crippen molar-refractivity contribution in [2.24, 2.45) is 0 Å². The first-order chi connectivity index (χ1) is 17.0. The van der Waals surface area contributed by atoms with E-state index in [2.05, 4.69) is 22.1 Å². The van der Waals surface area contributed by atoms with Crippen molar-refractivity contribution in [1.29, 1.82) is 0 Å². The number of unbranched alkanes of at least 4 members (excludes halogenated alkanes) is 3. The first-order valence-corrected chi connectivity index (χ1v) is 12.7. The number of aromatic nitrogens is 3. The molecule has 0 saturated carbocycles. The van der Waals surface area contributed by atoms with Gasteiger partial charge >= 0.3 is 5.97 Å². The molecule has 1 aromatic heterocycles. The fourth-order valence-electron chi connectivity index (χ4n) is 3.92. The van der Waals surface area contributed by atoms with Crippen LogP contribution in [-0.4, -0.2) is 32.8 Å². The SMILES string of the molecule is CCCCCCSc1nnc2c(n1)O[C@@H](c1cccc(OC(C)=O)c1)N(C(C)=O)c1ccccc1-2. The van der Waals surface area contributed by atoms with Gasteiger partial charge in [-0.2, -0.15) is 4.98 Å². The highest BCUT2D eigenvalue weighted by atomic mass is 32.2. The van der Waals surface area contributed by atoms with Crippen LogP contribution in [0.4, 0.5) is 5.69 Å². The summed E-state index contributed by atoms with van der Waals surface area (Å²) in [6, 6.07) is 14.4. The zero-order chi connectivity index (χ0) is 24.8. The Morgan fingerprint density at radius 2 is 1.89 bits per heavy atom. The van der Waals surface area contributed by atoms with Gasteiger partial charge in [0.25, 0.3) is 0 Å². The molecular weight excluding hydrogens is 464 g/mol.